The van der Waals surface area contributed by atoms with Crippen LogP contribution in [0.5, 0.6) is 0 Å². The van der Waals surface area contributed by atoms with E-state index in [1.54, 1.807) is 18.2 Å². The fourth-order valence-corrected chi connectivity index (χ4v) is 3.00. The zero-order chi connectivity index (χ0) is 11.5. The third-order valence-electron chi connectivity index (χ3n) is 2.00. The molecule has 0 heterocycles. The van der Waals surface area contributed by atoms with Gasteiger partial charge < -0.3 is 5.73 Å². The van der Waals surface area contributed by atoms with Gasteiger partial charge in [-0.15, -0.1) is 0 Å². The Morgan fingerprint density at radius 1 is 1.40 bits per heavy atom. The monoisotopic (exact) mass is 247 g/mol. The Morgan fingerprint density at radius 2 is 2.07 bits per heavy atom. The zero-order valence-electron chi connectivity index (χ0n) is 8.53. The van der Waals surface area contributed by atoms with Crippen LogP contribution in [0.3, 0.4) is 0 Å². The number of sulfone groups is 1. The van der Waals surface area contributed by atoms with Gasteiger partial charge in [0.15, 0.2) is 9.84 Å². The number of hydrogen-bond acceptors (Lipinski definition) is 3. The lowest BCUT2D eigenvalue weighted by Crippen LogP contribution is -2.10. The van der Waals surface area contributed by atoms with E-state index in [1.165, 1.54) is 0 Å². The summed E-state index contributed by atoms with van der Waals surface area (Å²) in [5, 5.41) is 0.518. The van der Waals surface area contributed by atoms with Crippen molar-refractivity contribution in [3.8, 4) is 0 Å². The van der Waals surface area contributed by atoms with Crippen molar-refractivity contribution in [3.63, 3.8) is 0 Å². The highest BCUT2D eigenvalue weighted by molar-refractivity contribution is 7.90. The van der Waals surface area contributed by atoms with E-state index in [1.807, 2.05) is 6.92 Å². The molecule has 84 valence electrons. The lowest BCUT2D eigenvalue weighted by atomic mass is 10.2. The average Bonchev–Trinajstić information content (AvgIpc) is 2.09. The molecule has 1 rings (SSSR count). The molecule has 3 nitrogen and oxygen atoms in total. The van der Waals surface area contributed by atoms with Gasteiger partial charge in [0.25, 0.3) is 0 Å². The molecule has 1 aromatic rings. The van der Waals surface area contributed by atoms with E-state index >= 15 is 0 Å². The Kier molecular flexibility index (Phi) is 3.99. The first kappa shape index (κ1) is 12.3. The minimum atomic E-state index is -3.04. The second-order valence-electron chi connectivity index (χ2n) is 3.44. The van der Waals surface area contributed by atoms with Crippen LogP contribution < -0.4 is 5.73 Å². The molecule has 0 amide bonds. The van der Waals surface area contributed by atoms with Crippen molar-refractivity contribution in [1.82, 2.24) is 0 Å². The average molecular weight is 248 g/mol. The first-order valence-corrected chi connectivity index (χ1v) is 6.89. The van der Waals surface area contributed by atoms with Crippen LogP contribution >= 0.6 is 11.6 Å². The van der Waals surface area contributed by atoms with Gasteiger partial charge >= 0.3 is 0 Å². The van der Waals surface area contributed by atoms with Crippen LogP contribution in [0.1, 0.15) is 18.9 Å². The summed E-state index contributed by atoms with van der Waals surface area (Å²) in [5.74, 6) is 0.179. The molecular formula is C10H14ClNO2S. The van der Waals surface area contributed by atoms with Gasteiger partial charge in [-0.25, -0.2) is 8.42 Å². The number of benzene rings is 1. The summed E-state index contributed by atoms with van der Waals surface area (Å²) in [7, 11) is -3.04. The number of hydrogen-bond donors (Lipinski definition) is 1. The number of halogens is 1. The van der Waals surface area contributed by atoms with Crippen molar-refractivity contribution < 1.29 is 8.42 Å². The standard InChI is InChI=1S/C10H14ClNO2S/c1-2-5-15(13,14)7-8-3-4-9(11)6-10(8)12/h3-4,6H,2,5,7,12H2,1H3. The van der Waals surface area contributed by atoms with E-state index in [0.29, 0.717) is 22.7 Å². The van der Waals surface area contributed by atoms with Gasteiger partial charge in [0.2, 0.25) is 0 Å². The highest BCUT2D eigenvalue weighted by Gasteiger charge is 2.12. The maximum absolute atomic E-state index is 11.5. The summed E-state index contributed by atoms with van der Waals surface area (Å²) in [4.78, 5) is 0. The van der Waals surface area contributed by atoms with Crippen LogP contribution in [0.4, 0.5) is 5.69 Å². The molecule has 0 aromatic heterocycles. The molecule has 1 aromatic carbocycles. The maximum Gasteiger partial charge on any atom is 0.154 e. The lowest BCUT2D eigenvalue weighted by Gasteiger charge is -2.06. The fraction of sp³-hybridized carbons (Fsp3) is 0.400. The Bertz CT molecular complexity index is 443. The molecule has 0 saturated carbocycles. The largest absolute Gasteiger partial charge is 0.398 e. The Hall–Kier alpha value is -0.740. The lowest BCUT2D eigenvalue weighted by molar-refractivity contribution is 0.594. The molecule has 0 bridgehead atoms. The van der Waals surface area contributed by atoms with Crippen LogP contribution in [0.15, 0.2) is 18.2 Å². The van der Waals surface area contributed by atoms with E-state index in [9.17, 15) is 8.42 Å². The van der Waals surface area contributed by atoms with Crippen LogP contribution in [0, 0.1) is 0 Å². The molecule has 0 saturated heterocycles. The van der Waals surface area contributed by atoms with Gasteiger partial charge in [0.1, 0.15) is 0 Å². The van der Waals surface area contributed by atoms with Crippen molar-refractivity contribution in [2.45, 2.75) is 19.1 Å². The van der Waals surface area contributed by atoms with Gasteiger partial charge in [-0.05, 0) is 24.1 Å². The minimum Gasteiger partial charge on any atom is -0.398 e. The van der Waals surface area contributed by atoms with Gasteiger partial charge in [-0.3, -0.25) is 0 Å². The Morgan fingerprint density at radius 3 is 2.60 bits per heavy atom. The normalized spacial score (nSPS) is 11.6. The second-order valence-corrected chi connectivity index (χ2v) is 6.06. The summed E-state index contributed by atoms with van der Waals surface area (Å²) in [6, 6.07) is 4.87. The third kappa shape index (κ3) is 3.72. The quantitative estimate of drug-likeness (QED) is 0.831. The van der Waals surface area contributed by atoms with Crippen molar-refractivity contribution in [2.24, 2.45) is 0 Å². The molecule has 0 fully saturated rings. The van der Waals surface area contributed by atoms with E-state index in [4.69, 9.17) is 17.3 Å². The van der Waals surface area contributed by atoms with Gasteiger partial charge in [-0.1, -0.05) is 24.6 Å². The molecule has 0 atom stereocenters. The van der Waals surface area contributed by atoms with Crippen molar-refractivity contribution in [2.75, 3.05) is 11.5 Å². The van der Waals surface area contributed by atoms with Crippen LogP contribution in [-0.4, -0.2) is 14.2 Å². The van der Waals surface area contributed by atoms with Crippen molar-refractivity contribution >= 4 is 27.1 Å². The predicted octanol–water partition coefficient (Wildman–Crippen LogP) is 2.25. The van der Waals surface area contributed by atoms with E-state index in [0.717, 1.165) is 0 Å². The zero-order valence-corrected chi connectivity index (χ0v) is 10.1. The molecule has 0 unspecified atom stereocenters. The molecule has 0 aliphatic heterocycles. The molecule has 0 spiro atoms. The maximum atomic E-state index is 11.5. The molecular weight excluding hydrogens is 234 g/mol. The van der Waals surface area contributed by atoms with Crippen LogP contribution in [0.2, 0.25) is 5.02 Å². The SMILES string of the molecule is CCCS(=O)(=O)Cc1ccc(Cl)cc1N. The Labute approximate surface area is 95.2 Å². The summed E-state index contributed by atoms with van der Waals surface area (Å²) >= 11 is 5.72. The summed E-state index contributed by atoms with van der Waals surface area (Å²) in [6.45, 7) is 1.84. The minimum absolute atomic E-state index is 0.0101. The number of anilines is 1. The number of rotatable bonds is 4. The van der Waals surface area contributed by atoms with Crippen molar-refractivity contribution in [1.29, 1.82) is 0 Å². The fourth-order valence-electron chi connectivity index (χ4n) is 1.32. The summed E-state index contributed by atoms with van der Waals surface area (Å²) in [6.07, 6.45) is 0.621. The van der Waals surface area contributed by atoms with Crippen molar-refractivity contribution in [3.05, 3.63) is 28.8 Å². The Balaban J connectivity index is 2.90. The van der Waals surface area contributed by atoms with Gasteiger partial charge in [0.05, 0.1) is 11.5 Å². The second kappa shape index (κ2) is 4.86. The summed E-state index contributed by atoms with van der Waals surface area (Å²) in [5.41, 5.74) is 6.73. The van der Waals surface area contributed by atoms with Crippen LogP contribution in [0.25, 0.3) is 0 Å². The van der Waals surface area contributed by atoms with Gasteiger partial charge in [0, 0.05) is 10.7 Å². The topological polar surface area (TPSA) is 60.2 Å². The third-order valence-corrected chi connectivity index (χ3v) is 4.01. The number of nitrogen functional groups attached to an aromatic ring is 1. The van der Waals surface area contributed by atoms with Crippen LogP contribution in [-0.2, 0) is 15.6 Å². The molecule has 0 aliphatic carbocycles. The summed E-state index contributed by atoms with van der Waals surface area (Å²) < 4.78 is 23.1. The predicted molar refractivity (Wildman–Crippen MR) is 63.6 cm³/mol. The van der Waals surface area contributed by atoms with E-state index in [2.05, 4.69) is 0 Å². The highest BCUT2D eigenvalue weighted by Crippen LogP contribution is 2.20. The van der Waals surface area contributed by atoms with E-state index < -0.39 is 9.84 Å². The molecule has 2 N–H and O–H groups in total. The van der Waals surface area contributed by atoms with Gasteiger partial charge in [-0.2, -0.15) is 0 Å². The first-order chi connectivity index (χ1) is 6.94. The molecule has 0 radical (unpaired) electrons. The number of nitrogens with two attached hydrogens (primary N) is 1. The first-order valence-electron chi connectivity index (χ1n) is 4.69. The van der Waals surface area contributed by atoms with E-state index in [-0.39, 0.29) is 11.5 Å². The molecule has 15 heavy (non-hydrogen) atoms. The molecule has 0 aliphatic rings. The molecule has 5 heteroatoms. The smallest absolute Gasteiger partial charge is 0.154 e. The highest BCUT2D eigenvalue weighted by atomic mass is 35.5.